The van der Waals surface area contributed by atoms with Crippen LogP contribution in [0.15, 0.2) is 78.2 Å². The molecule has 1 heterocycles. The van der Waals surface area contributed by atoms with Crippen LogP contribution in [0.1, 0.15) is 35.7 Å². The molecule has 0 saturated carbocycles. The smallest absolute Gasteiger partial charge is 0.131 e. The average molecular weight is 448 g/mol. The Kier molecular flexibility index (Phi) is 6.47. The zero-order valence-corrected chi connectivity index (χ0v) is 18.7. The van der Waals surface area contributed by atoms with Gasteiger partial charge in [-0.15, -0.1) is 0 Å². The number of halogens is 2. The molecular formula is C27H23F2NOS. The Bertz CT molecular complexity index is 1290. The number of hydrogen-bond donors (Lipinski definition) is 1. The van der Waals surface area contributed by atoms with E-state index in [4.69, 9.17) is 0 Å². The average Bonchev–Trinajstić information content (AvgIpc) is 3.19. The van der Waals surface area contributed by atoms with Crippen LogP contribution < -0.4 is 0 Å². The fourth-order valence-electron chi connectivity index (χ4n) is 3.80. The van der Waals surface area contributed by atoms with Gasteiger partial charge in [0.25, 0.3) is 0 Å². The second kappa shape index (κ2) is 9.45. The molecule has 2 aromatic carbocycles. The van der Waals surface area contributed by atoms with E-state index in [1.54, 1.807) is 36.8 Å². The van der Waals surface area contributed by atoms with Crippen LogP contribution in [0.3, 0.4) is 0 Å². The van der Waals surface area contributed by atoms with Gasteiger partial charge in [-0.2, -0.15) is 0 Å². The summed E-state index contributed by atoms with van der Waals surface area (Å²) in [6, 6.07) is 13.5. The molecule has 1 unspecified atom stereocenters. The SMILES string of the molecule is CC(=CS(C)=O)c1ccc(C2=CCC=CC=Cc3[nH]c(-c4ccc(F)cc4)cc32)cc1F. The summed E-state index contributed by atoms with van der Waals surface area (Å²) in [4.78, 5) is 3.41. The van der Waals surface area contributed by atoms with Crippen molar-refractivity contribution >= 4 is 28.0 Å². The van der Waals surface area contributed by atoms with Crippen molar-refractivity contribution in [3.05, 3.63) is 112 Å². The van der Waals surface area contributed by atoms with Crippen molar-refractivity contribution in [2.75, 3.05) is 6.26 Å². The van der Waals surface area contributed by atoms with Crippen LogP contribution >= 0.6 is 0 Å². The lowest BCUT2D eigenvalue weighted by atomic mass is 9.94. The quantitative estimate of drug-likeness (QED) is 0.454. The van der Waals surface area contributed by atoms with E-state index < -0.39 is 10.8 Å². The topological polar surface area (TPSA) is 32.9 Å². The van der Waals surface area contributed by atoms with E-state index >= 15 is 4.39 Å². The summed E-state index contributed by atoms with van der Waals surface area (Å²) in [7, 11) is -1.15. The normalized spacial score (nSPS) is 14.9. The Morgan fingerprint density at radius 2 is 1.78 bits per heavy atom. The van der Waals surface area contributed by atoms with Gasteiger partial charge in [0.2, 0.25) is 0 Å². The van der Waals surface area contributed by atoms with Crippen LogP contribution in [0.4, 0.5) is 8.78 Å². The number of aromatic nitrogens is 1. The van der Waals surface area contributed by atoms with Gasteiger partial charge in [0.15, 0.2) is 0 Å². The van der Waals surface area contributed by atoms with Crippen molar-refractivity contribution in [3.63, 3.8) is 0 Å². The lowest BCUT2D eigenvalue weighted by Crippen LogP contribution is -1.94. The summed E-state index contributed by atoms with van der Waals surface area (Å²) in [5.74, 6) is -0.642. The van der Waals surface area contributed by atoms with Gasteiger partial charge in [-0.25, -0.2) is 8.78 Å². The van der Waals surface area contributed by atoms with Gasteiger partial charge in [-0.3, -0.25) is 4.21 Å². The summed E-state index contributed by atoms with van der Waals surface area (Å²) >= 11 is 0. The molecule has 0 aliphatic heterocycles. The highest BCUT2D eigenvalue weighted by Crippen LogP contribution is 2.34. The molecule has 3 aromatic rings. The molecule has 0 bridgehead atoms. The third-order valence-electron chi connectivity index (χ3n) is 5.31. The van der Waals surface area contributed by atoms with Crippen LogP contribution in [0.2, 0.25) is 0 Å². The molecule has 1 atom stereocenters. The first-order valence-electron chi connectivity index (χ1n) is 10.3. The Morgan fingerprint density at radius 3 is 2.50 bits per heavy atom. The zero-order chi connectivity index (χ0) is 22.7. The van der Waals surface area contributed by atoms with Gasteiger partial charge >= 0.3 is 0 Å². The first-order valence-corrected chi connectivity index (χ1v) is 11.9. The molecule has 1 aromatic heterocycles. The van der Waals surface area contributed by atoms with E-state index in [-0.39, 0.29) is 11.6 Å². The summed E-state index contributed by atoms with van der Waals surface area (Å²) in [5.41, 5.74) is 6.31. The highest BCUT2D eigenvalue weighted by atomic mass is 32.2. The van der Waals surface area contributed by atoms with E-state index in [1.165, 1.54) is 18.2 Å². The first-order chi connectivity index (χ1) is 15.4. The molecule has 0 fully saturated rings. The Balaban J connectivity index is 1.81. The summed E-state index contributed by atoms with van der Waals surface area (Å²) < 4.78 is 39.9. The minimum absolute atomic E-state index is 0.285. The van der Waals surface area contributed by atoms with Crippen LogP contribution in [-0.4, -0.2) is 15.4 Å². The lowest BCUT2D eigenvalue weighted by molar-refractivity contribution is 0.623. The fraction of sp³-hybridized carbons (Fsp3) is 0.111. The van der Waals surface area contributed by atoms with Crippen molar-refractivity contribution in [1.82, 2.24) is 4.98 Å². The first kappa shape index (κ1) is 21.9. The highest BCUT2D eigenvalue weighted by Gasteiger charge is 2.16. The zero-order valence-electron chi connectivity index (χ0n) is 17.9. The van der Waals surface area contributed by atoms with Crippen LogP contribution in [-0.2, 0) is 10.8 Å². The summed E-state index contributed by atoms with van der Waals surface area (Å²) in [6.07, 6.45) is 12.3. The molecule has 1 N–H and O–H groups in total. The predicted molar refractivity (Wildman–Crippen MR) is 130 cm³/mol. The molecule has 1 aliphatic rings. The summed E-state index contributed by atoms with van der Waals surface area (Å²) in [6.45, 7) is 1.76. The molecule has 4 rings (SSSR count). The van der Waals surface area contributed by atoms with Crippen LogP contribution in [0, 0.1) is 11.6 Å². The standard InChI is InChI=1S/C27H23F2NOS/c1-18(17-32(2)31)22-14-11-20(15-25(22)29)23-7-5-3-4-6-8-26-24(23)16-27(30-26)19-9-12-21(28)13-10-19/h3-4,6-17,30H,5H2,1-2H3. The van der Waals surface area contributed by atoms with E-state index in [2.05, 4.69) is 11.1 Å². The molecule has 0 amide bonds. The number of H-pyrrole nitrogens is 1. The minimum atomic E-state index is -1.15. The number of benzene rings is 2. The van der Waals surface area contributed by atoms with Gasteiger partial charge in [0.05, 0.1) is 0 Å². The third kappa shape index (κ3) is 4.78. The van der Waals surface area contributed by atoms with Crippen molar-refractivity contribution in [2.45, 2.75) is 13.3 Å². The lowest BCUT2D eigenvalue weighted by Gasteiger charge is -2.11. The number of aromatic amines is 1. The predicted octanol–water partition coefficient (Wildman–Crippen LogP) is 7.10. The number of rotatable bonds is 4. The maximum Gasteiger partial charge on any atom is 0.131 e. The van der Waals surface area contributed by atoms with Gasteiger partial charge < -0.3 is 4.98 Å². The van der Waals surface area contributed by atoms with Gasteiger partial charge in [0.1, 0.15) is 11.6 Å². The van der Waals surface area contributed by atoms with Crippen LogP contribution in [0.25, 0.3) is 28.5 Å². The van der Waals surface area contributed by atoms with Crippen molar-refractivity contribution in [3.8, 4) is 11.3 Å². The minimum Gasteiger partial charge on any atom is -0.355 e. The molecule has 0 radical (unpaired) electrons. The maximum atomic E-state index is 15.0. The number of allylic oxidation sites excluding steroid dienone is 5. The van der Waals surface area contributed by atoms with Gasteiger partial charge in [-0.1, -0.05) is 36.4 Å². The Labute approximate surface area is 189 Å². The maximum absolute atomic E-state index is 15.0. The van der Waals surface area contributed by atoms with E-state index in [0.29, 0.717) is 17.6 Å². The van der Waals surface area contributed by atoms with Crippen LogP contribution in [0.5, 0.6) is 0 Å². The molecule has 162 valence electrons. The second-order valence-electron chi connectivity index (χ2n) is 7.65. The molecule has 0 spiro atoms. The van der Waals surface area contributed by atoms with Gasteiger partial charge in [-0.05, 0) is 78.1 Å². The Morgan fingerprint density at radius 1 is 1.03 bits per heavy atom. The molecule has 32 heavy (non-hydrogen) atoms. The van der Waals surface area contributed by atoms with Crippen molar-refractivity contribution in [2.24, 2.45) is 0 Å². The molecular weight excluding hydrogens is 424 g/mol. The Hall–Kier alpha value is -3.31. The molecule has 2 nitrogen and oxygen atoms in total. The number of hydrogen-bond acceptors (Lipinski definition) is 1. The second-order valence-corrected chi connectivity index (χ2v) is 8.89. The molecule has 5 heteroatoms. The monoisotopic (exact) mass is 447 g/mol. The van der Waals surface area contributed by atoms with E-state index in [1.807, 2.05) is 36.4 Å². The third-order valence-corrected chi connectivity index (χ3v) is 5.99. The largest absolute Gasteiger partial charge is 0.355 e. The van der Waals surface area contributed by atoms with Crippen molar-refractivity contribution in [1.29, 1.82) is 0 Å². The molecule has 0 saturated heterocycles. The van der Waals surface area contributed by atoms with Gasteiger partial charge in [0, 0.05) is 45.0 Å². The number of nitrogens with one attached hydrogen (secondary N) is 1. The van der Waals surface area contributed by atoms with E-state index in [9.17, 15) is 8.60 Å². The number of fused-ring (bicyclic) bond motifs is 1. The van der Waals surface area contributed by atoms with E-state index in [0.717, 1.165) is 33.7 Å². The fourth-order valence-corrected chi connectivity index (χ4v) is 4.43. The summed E-state index contributed by atoms with van der Waals surface area (Å²) in [5, 5.41) is 1.55. The molecule has 1 aliphatic carbocycles. The highest BCUT2D eigenvalue weighted by molar-refractivity contribution is 7.87. The van der Waals surface area contributed by atoms with Crippen molar-refractivity contribution < 1.29 is 13.0 Å².